The maximum atomic E-state index is 13.4. The van der Waals surface area contributed by atoms with Crippen LogP contribution in [0.5, 0.6) is 5.75 Å². The number of carbonyl (C=O) groups excluding carboxylic acids is 1. The quantitative estimate of drug-likeness (QED) is 0.845. The summed E-state index contributed by atoms with van der Waals surface area (Å²) in [5, 5.41) is 4.71. The number of anilines is 1. The topological polar surface area (TPSA) is 50.4 Å². The maximum absolute atomic E-state index is 13.4. The highest BCUT2D eigenvalue weighted by Crippen LogP contribution is 2.20. The number of rotatable bonds is 4. The standard InChI is InChI=1S/C16H16F2N2O2/c1-10-4-3-5-15(11(10)2)22-9-19-16(21)20-14-7-6-12(17)8-13(14)18/h3-8H,9H2,1-2H3,(H2,19,20,21). The molecule has 22 heavy (non-hydrogen) atoms. The van der Waals surface area contributed by atoms with Crippen molar-refractivity contribution in [3.05, 3.63) is 59.2 Å². The molecule has 0 bridgehead atoms. The van der Waals surface area contributed by atoms with E-state index in [4.69, 9.17) is 4.74 Å². The Morgan fingerprint density at radius 2 is 1.95 bits per heavy atom. The number of halogens is 2. The smallest absolute Gasteiger partial charge is 0.321 e. The molecule has 0 fully saturated rings. The van der Waals surface area contributed by atoms with Gasteiger partial charge in [-0.1, -0.05) is 12.1 Å². The number of nitrogens with one attached hydrogen (secondary N) is 2. The van der Waals surface area contributed by atoms with Gasteiger partial charge in [0.2, 0.25) is 0 Å². The predicted molar refractivity (Wildman–Crippen MR) is 79.9 cm³/mol. The molecule has 0 radical (unpaired) electrons. The molecule has 2 aromatic rings. The van der Waals surface area contributed by atoms with Crippen molar-refractivity contribution in [3.63, 3.8) is 0 Å². The van der Waals surface area contributed by atoms with Crippen LogP contribution in [0.3, 0.4) is 0 Å². The Bertz CT molecular complexity index is 690. The molecular weight excluding hydrogens is 290 g/mol. The summed E-state index contributed by atoms with van der Waals surface area (Å²) in [5.41, 5.74) is 1.95. The van der Waals surface area contributed by atoms with E-state index in [1.807, 2.05) is 26.0 Å². The average Bonchev–Trinajstić information content (AvgIpc) is 2.46. The molecule has 0 spiro atoms. The van der Waals surface area contributed by atoms with Gasteiger partial charge in [0.15, 0.2) is 6.73 Å². The largest absolute Gasteiger partial charge is 0.473 e. The first-order valence-electron chi connectivity index (χ1n) is 6.66. The molecule has 0 saturated carbocycles. The first-order chi connectivity index (χ1) is 10.5. The number of hydrogen-bond donors (Lipinski definition) is 2. The molecular formula is C16H16F2N2O2. The third-order valence-electron chi connectivity index (χ3n) is 3.19. The van der Waals surface area contributed by atoms with Gasteiger partial charge in [0, 0.05) is 6.07 Å². The first kappa shape index (κ1) is 15.8. The van der Waals surface area contributed by atoms with Crippen LogP contribution >= 0.6 is 0 Å². The van der Waals surface area contributed by atoms with Gasteiger partial charge < -0.3 is 15.4 Å². The fourth-order valence-electron chi connectivity index (χ4n) is 1.82. The average molecular weight is 306 g/mol. The number of amides is 2. The predicted octanol–water partition coefficient (Wildman–Crippen LogP) is 3.74. The Morgan fingerprint density at radius 3 is 2.68 bits per heavy atom. The van der Waals surface area contributed by atoms with Gasteiger partial charge in [-0.15, -0.1) is 0 Å². The zero-order valence-corrected chi connectivity index (χ0v) is 12.2. The summed E-state index contributed by atoms with van der Waals surface area (Å²) in [5.74, 6) is -0.888. The van der Waals surface area contributed by atoms with Crippen molar-refractivity contribution in [2.75, 3.05) is 12.0 Å². The van der Waals surface area contributed by atoms with Crippen LogP contribution in [-0.4, -0.2) is 12.8 Å². The van der Waals surface area contributed by atoms with Crippen LogP contribution < -0.4 is 15.4 Å². The van der Waals surface area contributed by atoms with E-state index >= 15 is 0 Å². The van der Waals surface area contributed by atoms with Crippen LogP contribution in [-0.2, 0) is 0 Å². The Labute approximate surface area is 127 Å². The van der Waals surface area contributed by atoms with E-state index in [0.29, 0.717) is 11.8 Å². The van der Waals surface area contributed by atoms with Crippen LogP contribution in [0.2, 0.25) is 0 Å². The van der Waals surface area contributed by atoms with Gasteiger partial charge in [-0.25, -0.2) is 13.6 Å². The lowest BCUT2D eigenvalue weighted by Crippen LogP contribution is -2.32. The van der Waals surface area contributed by atoms with E-state index < -0.39 is 17.7 Å². The number of carbonyl (C=O) groups is 1. The summed E-state index contributed by atoms with van der Waals surface area (Å²) in [6, 6.07) is 7.87. The number of benzene rings is 2. The van der Waals surface area contributed by atoms with Crippen LogP contribution in [0, 0.1) is 25.5 Å². The molecule has 2 aromatic carbocycles. The summed E-state index contributed by atoms with van der Waals surface area (Å²) in [6.07, 6.45) is 0. The minimum atomic E-state index is -0.842. The van der Waals surface area contributed by atoms with E-state index in [0.717, 1.165) is 23.3 Å². The summed E-state index contributed by atoms with van der Waals surface area (Å²) < 4.78 is 31.6. The van der Waals surface area contributed by atoms with Crippen LogP contribution in [0.15, 0.2) is 36.4 Å². The molecule has 0 saturated heterocycles. The molecule has 0 aromatic heterocycles. The second kappa shape index (κ2) is 6.89. The highest BCUT2D eigenvalue weighted by atomic mass is 19.1. The molecule has 0 unspecified atom stereocenters. The second-order valence-corrected chi connectivity index (χ2v) is 4.74. The minimum Gasteiger partial charge on any atom is -0.473 e. The normalized spacial score (nSPS) is 10.2. The zero-order valence-electron chi connectivity index (χ0n) is 12.2. The van der Waals surface area contributed by atoms with E-state index in [2.05, 4.69) is 10.6 Å². The van der Waals surface area contributed by atoms with E-state index in [1.54, 1.807) is 6.07 Å². The van der Waals surface area contributed by atoms with Crippen molar-refractivity contribution >= 4 is 11.7 Å². The summed E-state index contributed by atoms with van der Waals surface area (Å²) in [7, 11) is 0. The van der Waals surface area contributed by atoms with Gasteiger partial charge in [0.1, 0.15) is 17.4 Å². The summed E-state index contributed by atoms with van der Waals surface area (Å²) in [4.78, 5) is 11.6. The fraction of sp³-hybridized carbons (Fsp3) is 0.188. The van der Waals surface area contributed by atoms with Crippen molar-refractivity contribution in [3.8, 4) is 5.75 Å². The highest BCUT2D eigenvalue weighted by Gasteiger charge is 2.08. The molecule has 2 N–H and O–H groups in total. The van der Waals surface area contributed by atoms with Crippen molar-refractivity contribution in [2.45, 2.75) is 13.8 Å². The van der Waals surface area contributed by atoms with Crippen LogP contribution in [0.1, 0.15) is 11.1 Å². The maximum Gasteiger partial charge on any atom is 0.321 e. The molecule has 0 heterocycles. The molecule has 2 amide bonds. The van der Waals surface area contributed by atoms with Crippen molar-refractivity contribution in [1.82, 2.24) is 5.32 Å². The van der Waals surface area contributed by atoms with Gasteiger partial charge in [0.05, 0.1) is 5.69 Å². The first-order valence-corrected chi connectivity index (χ1v) is 6.66. The molecule has 0 aliphatic rings. The highest BCUT2D eigenvalue weighted by molar-refractivity contribution is 5.89. The fourth-order valence-corrected chi connectivity index (χ4v) is 1.82. The van der Waals surface area contributed by atoms with Crippen molar-refractivity contribution < 1.29 is 18.3 Å². The van der Waals surface area contributed by atoms with Gasteiger partial charge in [-0.2, -0.15) is 0 Å². The van der Waals surface area contributed by atoms with E-state index in [-0.39, 0.29) is 12.4 Å². The molecule has 4 nitrogen and oxygen atoms in total. The summed E-state index contributed by atoms with van der Waals surface area (Å²) >= 11 is 0. The third-order valence-corrected chi connectivity index (χ3v) is 3.19. The van der Waals surface area contributed by atoms with Crippen LogP contribution in [0.4, 0.5) is 19.3 Å². The number of urea groups is 1. The lowest BCUT2D eigenvalue weighted by atomic mass is 10.1. The van der Waals surface area contributed by atoms with Crippen molar-refractivity contribution in [1.29, 1.82) is 0 Å². The SMILES string of the molecule is Cc1cccc(OCNC(=O)Nc2ccc(F)cc2F)c1C. The van der Waals surface area contributed by atoms with Crippen LogP contribution in [0.25, 0.3) is 0 Å². The number of aryl methyl sites for hydroxylation is 1. The Morgan fingerprint density at radius 1 is 1.18 bits per heavy atom. The van der Waals surface area contributed by atoms with Gasteiger partial charge >= 0.3 is 6.03 Å². The lowest BCUT2D eigenvalue weighted by molar-refractivity contribution is 0.234. The summed E-state index contributed by atoms with van der Waals surface area (Å²) in [6.45, 7) is 3.80. The minimum absolute atomic E-state index is 0.0705. The monoisotopic (exact) mass is 306 g/mol. The molecule has 6 heteroatoms. The lowest BCUT2D eigenvalue weighted by Gasteiger charge is -2.12. The number of ether oxygens (including phenoxy) is 1. The van der Waals surface area contributed by atoms with Crippen molar-refractivity contribution in [2.24, 2.45) is 0 Å². The zero-order chi connectivity index (χ0) is 16.1. The number of hydrogen-bond acceptors (Lipinski definition) is 2. The second-order valence-electron chi connectivity index (χ2n) is 4.74. The molecule has 0 atom stereocenters. The van der Waals surface area contributed by atoms with Gasteiger partial charge in [-0.3, -0.25) is 0 Å². The van der Waals surface area contributed by atoms with E-state index in [9.17, 15) is 13.6 Å². The molecule has 116 valence electrons. The Hall–Kier alpha value is -2.63. The molecule has 0 aliphatic heterocycles. The Kier molecular flexibility index (Phi) is 4.93. The molecule has 0 aliphatic carbocycles. The Balaban J connectivity index is 1.87. The van der Waals surface area contributed by atoms with Gasteiger partial charge in [0.25, 0.3) is 0 Å². The van der Waals surface area contributed by atoms with E-state index in [1.165, 1.54) is 0 Å². The third kappa shape index (κ3) is 3.94. The van der Waals surface area contributed by atoms with Gasteiger partial charge in [-0.05, 0) is 43.2 Å². The molecule has 2 rings (SSSR count).